The van der Waals surface area contributed by atoms with Crippen molar-refractivity contribution in [3.63, 3.8) is 0 Å². The van der Waals surface area contributed by atoms with Crippen LogP contribution in [0.1, 0.15) is 17.4 Å². The Morgan fingerprint density at radius 1 is 1.56 bits per heavy atom. The van der Waals surface area contributed by atoms with Gasteiger partial charge in [-0.25, -0.2) is 4.98 Å². The fourth-order valence-electron chi connectivity index (χ4n) is 1.70. The van der Waals surface area contributed by atoms with Crippen LogP contribution in [-0.2, 0) is 11.2 Å². The molecule has 2 heterocycles. The van der Waals surface area contributed by atoms with E-state index in [9.17, 15) is 18.0 Å². The third-order valence-corrected chi connectivity index (χ3v) is 2.43. The number of carboxylic acids is 1. The van der Waals surface area contributed by atoms with Crippen molar-refractivity contribution in [3.05, 3.63) is 17.7 Å². The molecule has 88 valence electrons. The summed E-state index contributed by atoms with van der Waals surface area (Å²) in [5.41, 5.74) is 0.0403. The minimum Gasteiger partial charge on any atom is -0.480 e. The van der Waals surface area contributed by atoms with Crippen LogP contribution in [0.5, 0.6) is 0 Å². The molecule has 2 atom stereocenters. The highest BCUT2D eigenvalue weighted by Gasteiger charge is 2.47. The van der Waals surface area contributed by atoms with Crippen LogP contribution in [0.25, 0.3) is 0 Å². The molecule has 0 saturated carbocycles. The fraction of sp³-hybridized carbons (Fsp3) is 0.500. The molecule has 2 rings (SSSR count). The van der Waals surface area contributed by atoms with Gasteiger partial charge >= 0.3 is 12.1 Å². The predicted octanol–water partition coefficient (Wildman–Crippen LogP) is 0.612. The molecular formula is C8H8F3N3O2. The van der Waals surface area contributed by atoms with Gasteiger partial charge in [0.15, 0.2) is 0 Å². The van der Waals surface area contributed by atoms with Gasteiger partial charge in [0.25, 0.3) is 0 Å². The summed E-state index contributed by atoms with van der Waals surface area (Å²) in [5, 5.41) is 10.7. The third kappa shape index (κ3) is 1.75. The molecule has 1 aliphatic rings. The maximum Gasteiger partial charge on any atom is 0.409 e. The van der Waals surface area contributed by atoms with E-state index in [1.807, 2.05) is 5.32 Å². The van der Waals surface area contributed by atoms with Crippen molar-refractivity contribution in [2.24, 2.45) is 0 Å². The SMILES string of the molecule is O=C(O)C1Cc2[nH]cnc2C(C(F)(F)F)N1. The summed E-state index contributed by atoms with van der Waals surface area (Å²) in [6.45, 7) is 0. The Morgan fingerprint density at radius 3 is 2.81 bits per heavy atom. The Balaban J connectivity index is 2.37. The maximum atomic E-state index is 12.6. The first-order chi connectivity index (χ1) is 7.39. The first-order valence-corrected chi connectivity index (χ1v) is 4.47. The highest BCUT2D eigenvalue weighted by Crippen LogP contribution is 2.36. The standard InChI is InChI=1S/C8H8F3N3O2/c9-8(10,11)6-5-3(12-2-13-5)1-4(14-6)7(15)16/h2,4,6,14H,1H2,(H,12,13)(H,15,16). The van der Waals surface area contributed by atoms with Gasteiger partial charge in [-0.05, 0) is 0 Å². The van der Waals surface area contributed by atoms with Gasteiger partial charge in [0, 0.05) is 12.1 Å². The van der Waals surface area contributed by atoms with Gasteiger partial charge in [0.2, 0.25) is 0 Å². The van der Waals surface area contributed by atoms with Crippen molar-refractivity contribution in [3.8, 4) is 0 Å². The summed E-state index contributed by atoms with van der Waals surface area (Å²) in [5.74, 6) is -1.31. The smallest absolute Gasteiger partial charge is 0.409 e. The van der Waals surface area contributed by atoms with Crippen LogP contribution in [0.4, 0.5) is 13.2 Å². The second-order valence-corrected chi connectivity index (χ2v) is 3.50. The van der Waals surface area contributed by atoms with E-state index < -0.39 is 24.2 Å². The Hall–Kier alpha value is -1.57. The Kier molecular flexibility index (Phi) is 2.38. The number of alkyl halides is 3. The van der Waals surface area contributed by atoms with Crippen molar-refractivity contribution in [2.45, 2.75) is 24.7 Å². The van der Waals surface area contributed by atoms with Crippen molar-refractivity contribution in [2.75, 3.05) is 0 Å². The second kappa shape index (κ2) is 3.48. The van der Waals surface area contributed by atoms with E-state index >= 15 is 0 Å². The summed E-state index contributed by atoms with van der Waals surface area (Å²) in [6, 6.07) is -3.27. The number of carboxylic acid groups (broad SMARTS) is 1. The molecule has 0 amide bonds. The first-order valence-electron chi connectivity index (χ1n) is 4.47. The Morgan fingerprint density at radius 2 is 2.25 bits per heavy atom. The van der Waals surface area contributed by atoms with Crippen LogP contribution in [-0.4, -0.2) is 33.3 Å². The number of nitrogens with zero attached hydrogens (tertiary/aromatic N) is 1. The Labute approximate surface area is 87.7 Å². The van der Waals surface area contributed by atoms with E-state index in [1.165, 1.54) is 0 Å². The van der Waals surface area contributed by atoms with Gasteiger partial charge in [-0.1, -0.05) is 0 Å². The minimum atomic E-state index is -4.56. The number of carbonyl (C=O) groups is 1. The average Bonchev–Trinajstić information content (AvgIpc) is 2.61. The number of hydrogen-bond donors (Lipinski definition) is 3. The molecule has 0 aliphatic carbocycles. The molecule has 0 aromatic carbocycles. The number of halogens is 3. The quantitative estimate of drug-likeness (QED) is 0.666. The molecule has 2 unspecified atom stereocenters. The molecule has 1 aromatic rings. The van der Waals surface area contributed by atoms with Gasteiger partial charge < -0.3 is 10.1 Å². The number of nitrogens with one attached hydrogen (secondary N) is 2. The zero-order chi connectivity index (χ0) is 11.9. The van der Waals surface area contributed by atoms with Crippen molar-refractivity contribution < 1.29 is 23.1 Å². The van der Waals surface area contributed by atoms with Crippen LogP contribution < -0.4 is 5.32 Å². The van der Waals surface area contributed by atoms with Crippen LogP contribution in [0.2, 0.25) is 0 Å². The summed E-state index contributed by atoms with van der Waals surface area (Å²) >= 11 is 0. The highest BCUT2D eigenvalue weighted by molar-refractivity contribution is 5.74. The summed E-state index contributed by atoms with van der Waals surface area (Å²) in [4.78, 5) is 16.8. The van der Waals surface area contributed by atoms with Crippen molar-refractivity contribution in [1.29, 1.82) is 0 Å². The highest BCUT2D eigenvalue weighted by atomic mass is 19.4. The summed E-state index contributed by atoms with van der Waals surface area (Å²) in [6.07, 6.45) is -3.45. The van der Waals surface area contributed by atoms with Crippen LogP contribution in [0, 0.1) is 0 Å². The van der Waals surface area contributed by atoms with E-state index in [-0.39, 0.29) is 17.8 Å². The van der Waals surface area contributed by atoms with Crippen molar-refractivity contribution >= 4 is 5.97 Å². The monoisotopic (exact) mass is 235 g/mol. The molecule has 0 radical (unpaired) electrons. The molecule has 8 heteroatoms. The van der Waals surface area contributed by atoms with Crippen LogP contribution >= 0.6 is 0 Å². The summed E-state index contributed by atoms with van der Waals surface area (Å²) in [7, 11) is 0. The maximum absolute atomic E-state index is 12.6. The van der Waals surface area contributed by atoms with E-state index in [1.54, 1.807) is 0 Å². The third-order valence-electron chi connectivity index (χ3n) is 2.43. The van der Waals surface area contributed by atoms with E-state index in [0.717, 1.165) is 6.33 Å². The number of aliphatic carboxylic acids is 1. The largest absolute Gasteiger partial charge is 0.480 e. The number of rotatable bonds is 1. The summed E-state index contributed by atoms with van der Waals surface area (Å²) < 4.78 is 37.9. The van der Waals surface area contributed by atoms with Gasteiger partial charge in [-0.15, -0.1) is 0 Å². The van der Waals surface area contributed by atoms with E-state index in [0.29, 0.717) is 0 Å². The van der Waals surface area contributed by atoms with Crippen molar-refractivity contribution in [1.82, 2.24) is 15.3 Å². The lowest BCUT2D eigenvalue weighted by Crippen LogP contribution is -2.49. The normalized spacial score (nSPS) is 25.2. The van der Waals surface area contributed by atoms with Gasteiger partial charge in [0.05, 0.1) is 12.0 Å². The van der Waals surface area contributed by atoms with Gasteiger partial charge in [-0.2, -0.15) is 13.2 Å². The molecule has 0 spiro atoms. The topological polar surface area (TPSA) is 78.0 Å². The molecule has 0 fully saturated rings. The lowest BCUT2D eigenvalue weighted by atomic mass is 9.99. The molecule has 0 saturated heterocycles. The number of imidazole rings is 1. The number of H-pyrrole nitrogens is 1. The predicted molar refractivity (Wildman–Crippen MR) is 45.6 cm³/mol. The molecule has 1 aliphatic heterocycles. The zero-order valence-electron chi connectivity index (χ0n) is 7.88. The lowest BCUT2D eigenvalue weighted by molar-refractivity contribution is -0.165. The fourth-order valence-corrected chi connectivity index (χ4v) is 1.70. The number of fused-ring (bicyclic) bond motifs is 1. The molecule has 0 bridgehead atoms. The molecule has 1 aromatic heterocycles. The molecular weight excluding hydrogens is 227 g/mol. The van der Waals surface area contributed by atoms with E-state index in [2.05, 4.69) is 9.97 Å². The lowest BCUT2D eigenvalue weighted by Gasteiger charge is -2.29. The molecule has 3 N–H and O–H groups in total. The van der Waals surface area contributed by atoms with Gasteiger partial charge in [-0.3, -0.25) is 10.1 Å². The minimum absolute atomic E-state index is 0.0305. The van der Waals surface area contributed by atoms with Gasteiger partial charge in [0.1, 0.15) is 12.1 Å². The molecule has 16 heavy (non-hydrogen) atoms. The molecule has 5 nitrogen and oxygen atoms in total. The van der Waals surface area contributed by atoms with Crippen LogP contribution in [0.3, 0.4) is 0 Å². The second-order valence-electron chi connectivity index (χ2n) is 3.50. The zero-order valence-corrected chi connectivity index (χ0v) is 7.88. The number of aromatic amines is 1. The average molecular weight is 235 g/mol. The number of hydrogen-bond acceptors (Lipinski definition) is 3. The van der Waals surface area contributed by atoms with E-state index in [4.69, 9.17) is 5.11 Å². The van der Waals surface area contributed by atoms with Crippen LogP contribution in [0.15, 0.2) is 6.33 Å². The Bertz CT molecular complexity index is 415. The first kappa shape index (κ1) is 10.9. The number of aromatic nitrogens is 2.